The normalized spacial score (nSPS) is 27.8. The van der Waals surface area contributed by atoms with Crippen LogP contribution in [0.15, 0.2) is 22.6 Å². The van der Waals surface area contributed by atoms with Gasteiger partial charge in [0.1, 0.15) is 5.52 Å². The molecule has 0 aliphatic heterocycles. The highest BCUT2D eigenvalue weighted by Crippen LogP contribution is 2.38. The van der Waals surface area contributed by atoms with Crippen molar-refractivity contribution >= 4 is 11.1 Å². The van der Waals surface area contributed by atoms with Crippen LogP contribution in [0.2, 0.25) is 0 Å². The van der Waals surface area contributed by atoms with Crippen molar-refractivity contribution in [2.24, 2.45) is 11.7 Å². The number of nitrogens with zero attached hydrogens (tertiary/aromatic N) is 1. The topological polar surface area (TPSA) is 52.0 Å². The average molecular weight is 258 g/mol. The summed E-state index contributed by atoms with van der Waals surface area (Å²) in [5, 5.41) is 0. The summed E-state index contributed by atoms with van der Waals surface area (Å²) in [5.74, 6) is 1.50. The van der Waals surface area contributed by atoms with E-state index in [1.54, 1.807) is 0 Å². The van der Waals surface area contributed by atoms with E-state index in [0.717, 1.165) is 55.0 Å². The average Bonchev–Trinajstić information content (AvgIpc) is 2.86. The lowest BCUT2D eigenvalue weighted by Crippen LogP contribution is -2.40. The summed E-state index contributed by atoms with van der Waals surface area (Å²) in [7, 11) is 0. The maximum atomic E-state index is 6.52. The SMILES string of the molecule is CCc1ccc2oc(C3(N)CCC(C)CC3)nc2c1. The number of hydrogen-bond donors (Lipinski definition) is 1. The molecule has 1 aliphatic carbocycles. The molecule has 102 valence electrons. The van der Waals surface area contributed by atoms with E-state index in [9.17, 15) is 0 Å². The summed E-state index contributed by atoms with van der Waals surface area (Å²) in [4.78, 5) is 4.65. The lowest BCUT2D eigenvalue weighted by Gasteiger charge is -2.33. The van der Waals surface area contributed by atoms with Gasteiger partial charge in [-0.05, 0) is 55.7 Å². The van der Waals surface area contributed by atoms with Crippen molar-refractivity contribution in [2.45, 2.75) is 51.5 Å². The smallest absolute Gasteiger partial charge is 0.215 e. The predicted octanol–water partition coefficient (Wildman–Crippen LogP) is 3.75. The van der Waals surface area contributed by atoms with Gasteiger partial charge in [-0.15, -0.1) is 0 Å². The maximum absolute atomic E-state index is 6.52. The number of aryl methyl sites for hydroxylation is 1. The quantitative estimate of drug-likeness (QED) is 0.892. The summed E-state index contributed by atoms with van der Waals surface area (Å²) in [6, 6.07) is 6.22. The van der Waals surface area contributed by atoms with E-state index in [2.05, 4.69) is 31.0 Å². The highest BCUT2D eigenvalue weighted by Gasteiger charge is 2.36. The van der Waals surface area contributed by atoms with Crippen molar-refractivity contribution in [1.82, 2.24) is 4.98 Å². The third kappa shape index (κ3) is 2.27. The number of hydrogen-bond acceptors (Lipinski definition) is 3. The first-order chi connectivity index (χ1) is 9.10. The maximum Gasteiger partial charge on any atom is 0.215 e. The van der Waals surface area contributed by atoms with Gasteiger partial charge in [0, 0.05) is 0 Å². The van der Waals surface area contributed by atoms with Crippen molar-refractivity contribution in [2.75, 3.05) is 0 Å². The first-order valence-electron chi connectivity index (χ1n) is 7.29. The molecular formula is C16H22N2O. The van der Waals surface area contributed by atoms with Crippen molar-refractivity contribution in [1.29, 1.82) is 0 Å². The van der Waals surface area contributed by atoms with Crippen molar-refractivity contribution < 1.29 is 4.42 Å². The number of aromatic nitrogens is 1. The van der Waals surface area contributed by atoms with Gasteiger partial charge in [0.15, 0.2) is 5.58 Å². The van der Waals surface area contributed by atoms with Crippen LogP contribution in [0.3, 0.4) is 0 Å². The standard InChI is InChI=1S/C16H22N2O/c1-3-12-4-5-14-13(10-12)18-15(19-14)16(17)8-6-11(2)7-9-16/h4-5,10-11H,3,6-9,17H2,1-2H3. The van der Waals surface area contributed by atoms with Gasteiger partial charge in [-0.1, -0.05) is 19.9 Å². The van der Waals surface area contributed by atoms with Gasteiger partial charge in [-0.3, -0.25) is 0 Å². The van der Waals surface area contributed by atoms with Crippen molar-refractivity contribution in [3.05, 3.63) is 29.7 Å². The zero-order valence-electron chi connectivity index (χ0n) is 11.8. The number of oxazole rings is 1. The van der Waals surface area contributed by atoms with Crippen LogP contribution in [0.1, 0.15) is 51.0 Å². The molecular weight excluding hydrogens is 236 g/mol. The lowest BCUT2D eigenvalue weighted by molar-refractivity contribution is 0.209. The predicted molar refractivity (Wildman–Crippen MR) is 76.9 cm³/mol. The van der Waals surface area contributed by atoms with Crippen LogP contribution in [-0.4, -0.2) is 4.98 Å². The summed E-state index contributed by atoms with van der Waals surface area (Å²) >= 11 is 0. The highest BCUT2D eigenvalue weighted by atomic mass is 16.4. The highest BCUT2D eigenvalue weighted by molar-refractivity contribution is 5.73. The Kier molecular flexibility index (Phi) is 3.09. The van der Waals surface area contributed by atoms with E-state index in [1.165, 1.54) is 5.56 Å². The van der Waals surface area contributed by atoms with Crippen LogP contribution in [0.25, 0.3) is 11.1 Å². The fraction of sp³-hybridized carbons (Fsp3) is 0.562. The summed E-state index contributed by atoms with van der Waals surface area (Å²) in [6.07, 6.45) is 5.29. The molecule has 0 spiro atoms. The molecule has 1 aliphatic rings. The molecule has 0 radical (unpaired) electrons. The Morgan fingerprint density at radius 2 is 2.11 bits per heavy atom. The Morgan fingerprint density at radius 3 is 2.79 bits per heavy atom. The molecule has 0 atom stereocenters. The fourth-order valence-electron chi connectivity index (χ4n) is 2.90. The van der Waals surface area contributed by atoms with Crippen LogP contribution in [0, 0.1) is 5.92 Å². The zero-order valence-corrected chi connectivity index (χ0v) is 11.8. The summed E-state index contributed by atoms with van der Waals surface area (Å²) < 4.78 is 5.91. The second-order valence-corrected chi connectivity index (χ2v) is 6.01. The first-order valence-corrected chi connectivity index (χ1v) is 7.29. The third-order valence-electron chi connectivity index (χ3n) is 4.45. The molecule has 0 unspecified atom stereocenters. The monoisotopic (exact) mass is 258 g/mol. The number of nitrogens with two attached hydrogens (primary N) is 1. The van der Waals surface area contributed by atoms with E-state index in [-0.39, 0.29) is 5.54 Å². The molecule has 3 nitrogen and oxygen atoms in total. The molecule has 2 N–H and O–H groups in total. The van der Waals surface area contributed by atoms with Crippen LogP contribution < -0.4 is 5.73 Å². The minimum Gasteiger partial charge on any atom is -0.439 e. The molecule has 1 heterocycles. The Morgan fingerprint density at radius 1 is 1.37 bits per heavy atom. The molecule has 0 bridgehead atoms. The van der Waals surface area contributed by atoms with E-state index < -0.39 is 0 Å². The van der Waals surface area contributed by atoms with Crippen molar-refractivity contribution in [3.8, 4) is 0 Å². The summed E-state index contributed by atoms with van der Waals surface area (Å²) in [5.41, 5.74) is 9.24. The minimum atomic E-state index is -0.363. The molecule has 3 heteroatoms. The second kappa shape index (κ2) is 4.64. The van der Waals surface area contributed by atoms with Gasteiger partial charge < -0.3 is 10.2 Å². The molecule has 2 aromatic rings. The van der Waals surface area contributed by atoms with E-state index in [0.29, 0.717) is 0 Å². The van der Waals surface area contributed by atoms with E-state index >= 15 is 0 Å². The molecule has 1 fully saturated rings. The largest absolute Gasteiger partial charge is 0.439 e. The van der Waals surface area contributed by atoms with E-state index in [4.69, 9.17) is 10.2 Å². The Bertz CT molecular complexity index is 579. The molecule has 3 rings (SSSR count). The molecule has 19 heavy (non-hydrogen) atoms. The zero-order chi connectivity index (χ0) is 13.5. The van der Waals surface area contributed by atoms with Crippen LogP contribution >= 0.6 is 0 Å². The third-order valence-corrected chi connectivity index (χ3v) is 4.45. The van der Waals surface area contributed by atoms with Crippen molar-refractivity contribution in [3.63, 3.8) is 0 Å². The number of rotatable bonds is 2. The summed E-state index contributed by atoms with van der Waals surface area (Å²) in [6.45, 7) is 4.44. The molecule has 0 saturated heterocycles. The first kappa shape index (κ1) is 12.7. The van der Waals surface area contributed by atoms with Gasteiger partial charge in [-0.2, -0.15) is 0 Å². The van der Waals surface area contributed by atoms with Gasteiger partial charge in [0.2, 0.25) is 5.89 Å². The van der Waals surface area contributed by atoms with Gasteiger partial charge >= 0.3 is 0 Å². The Balaban J connectivity index is 1.96. The van der Waals surface area contributed by atoms with Crippen LogP contribution in [0.4, 0.5) is 0 Å². The Labute approximate surface area is 114 Å². The van der Waals surface area contributed by atoms with Crippen LogP contribution in [-0.2, 0) is 12.0 Å². The van der Waals surface area contributed by atoms with Gasteiger partial charge in [0.05, 0.1) is 5.54 Å². The Hall–Kier alpha value is -1.35. The van der Waals surface area contributed by atoms with Gasteiger partial charge in [0.25, 0.3) is 0 Å². The lowest BCUT2D eigenvalue weighted by atomic mass is 9.78. The molecule has 1 aromatic carbocycles. The second-order valence-electron chi connectivity index (χ2n) is 6.01. The number of fused-ring (bicyclic) bond motifs is 1. The molecule has 1 aromatic heterocycles. The van der Waals surface area contributed by atoms with Crippen LogP contribution in [0.5, 0.6) is 0 Å². The van der Waals surface area contributed by atoms with E-state index in [1.807, 2.05) is 6.07 Å². The van der Waals surface area contributed by atoms with Gasteiger partial charge in [-0.25, -0.2) is 4.98 Å². The molecule has 1 saturated carbocycles. The molecule has 0 amide bonds. The minimum absolute atomic E-state index is 0.363. The fourth-order valence-corrected chi connectivity index (χ4v) is 2.90. The number of benzene rings is 1.